The zero-order valence-electron chi connectivity index (χ0n) is 9.98. The molecule has 1 aliphatic rings. The lowest BCUT2D eigenvalue weighted by Gasteiger charge is -2.28. The van der Waals surface area contributed by atoms with Crippen molar-refractivity contribution in [2.24, 2.45) is 0 Å². The van der Waals surface area contributed by atoms with Gasteiger partial charge in [-0.2, -0.15) is 0 Å². The molecule has 0 amide bonds. The van der Waals surface area contributed by atoms with Gasteiger partial charge in [-0.1, -0.05) is 0 Å². The highest BCUT2D eigenvalue weighted by Crippen LogP contribution is 2.03. The van der Waals surface area contributed by atoms with Crippen molar-refractivity contribution >= 4 is 0 Å². The Labute approximate surface area is 97.2 Å². The number of furan rings is 1. The van der Waals surface area contributed by atoms with Crippen LogP contribution in [0.25, 0.3) is 0 Å². The van der Waals surface area contributed by atoms with Crippen LogP contribution in [0.3, 0.4) is 0 Å². The summed E-state index contributed by atoms with van der Waals surface area (Å²) in [4.78, 5) is 4.86. The van der Waals surface area contributed by atoms with Crippen LogP contribution in [-0.4, -0.2) is 56.1 Å². The molecule has 1 N–H and O–H groups in total. The minimum atomic E-state index is 0.975. The molecule has 1 aromatic heterocycles. The quantitative estimate of drug-likeness (QED) is 0.793. The largest absolute Gasteiger partial charge is 0.472 e. The van der Waals surface area contributed by atoms with Crippen molar-refractivity contribution in [3.8, 4) is 0 Å². The number of likely N-dealkylation sites (N-methyl/N-ethyl adjacent to an activating group) is 1. The predicted molar refractivity (Wildman–Crippen MR) is 64.4 cm³/mol. The molecule has 1 aromatic rings. The van der Waals surface area contributed by atoms with Crippen LogP contribution < -0.4 is 5.32 Å². The fourth-order valence-electron chi connectivity index (χ4n) is 2.02. The first-order valence-corrected chi connectivity index (χ1v) is 5.97. The third kappa shape index (κ3) is 3.63. The van der Waals surface area contributed by atoms with Crippen molar-refractivity contribution in [3.05, 3.63) is 24.2 Å². The minimum absolute atomic E-state index is 0.975. The number of nitrogens with zero attached hydrogens (tertiary/aromatic N) is 2. The fraction of sp³-hybridized carbons (Fsp3) is 0.667. The molecule has 16 heavy (non-hydrogen) atoms. The van der Waals surface area contributed by atoms with Crippen molar-refractivity contribution < 1.29 is 4.42 Å². The molecule has 0 saturated carbocycles. The smallest absolute Gasteiger partial charge is 0.0947 e. The van der Waals surface area contributed by atoms with Gasteiger partial charge in [-0.05, 0) is 13.1 Å². The van der Waals surface area contributed by atoms with E-state index in [-0.39, 0.29) is 0 Å². The summed E-state index contributed by atoms with van der Waals surface area (Å²) in [5.74, 6) is 0. The average Bonchev–Trinajstić information content (AvgIpc) is 2.81. The third-order valence-electron chi connectivity index (χ3n) is 3.04. The van der Waals surface area contributed by atoms with Crippen molar-refractivity contribution in [1.29, 1.82) is 0 Å². The van der Waals surface area contributed by atoms with E-state index in [2.05, 4.69) is 22.2 Å². The van der Waals surface area contributed by atoms with E-state index in [1.807, 2.05) is 12.3 Å². The van der Waals surface area contributed by atoms with E-state index in [0.717, 1.165) is 32.7 Å². The summed E-state index contributed by atoms with van der Waals surface area (Å²) in [7, 11) is 2.16. The van der Waals surface area contributed by atoms with Crippen LogP contribution in [0.5, 0.6) is 0 Å². The lowest BCUT2D eigenvalue weighted by molar-refractivity contribution is 0.202. The van der Waals surface area contributed by atoms with Gasteiger partial charge in [-0.25, -0.2) is 0 Å². The van der Waals surface area contributed by atoms with Crippen LogP contribution in [0.4, 0.5) is 0 Å². The Morgan fingerprint density at radius 3 is 2.94 bits per heavy atom. The van der Waals surface area contributed by atoms with Crippen molar-refractivity contribution in [3.63, 3.8) is 0 Å². The van der Waals surface area contributed by atoms with Gasteiger partial charge in [-0.15, -0.1) is 0 Å². The molecule has 1 fully saturated rings. The van der Waals surface area contributed by atoms with Crippen molar-refractivity contribution in [1.82, 2.24) is 15.1 Å². The Balaban J connectivity index is 1.65. The molecule has 0 bridgehead atoms. The normalized spacial score (nSPS) is 18.1. The second-order valence-electron chi connectivity index (χ2n) is 4.46. The average molecular weight is 223 g/mol. The van der Waals surface area contributed by atoms with E-state index >= 15 is 0 Å². The van der Waals surface area contributed by atoms with E-state index in [1.165, 1.54) is 18.7 Å². The summed E-state index contributed by atoms with van der Waals surface area (Å²) in [5.41, 5.74) is 1.25. The maximum atomic E-state index is 5.06. The highest BCUT2D eigenvalue weighted by Gasteiger charge is 2.10. The predicted octanol–water partition coefficient (Wildman–Crippen LogP) is 0.617. The summed E-state index contributed by atoms with van der Waals surface area (Å²) < 4.78 is 5.06. The van der Waals surface area contributed by atoms with Crippen LogP contribution in [-0.2, 0) is 6.54 Å². The second kappa shape index (κ2) is 6.03. The van der Waals surface area contributed by atoms with E-state index in [9.17, 15) is 0 Å². The Morgan fingerprint density at radius 1 is 1.44 bits per heavy atom. The molecule has 0 spiro atoms. The molecule has 2 rings (SSSR count). The van der Waals surface area contributed by atoms with Gasteiger partial charge in [0.1, 0.15) is 0 Å². The summed E-state index contributed by atoms with van der Waals surface area (Å²) in [5, 5.41) is 3.37. The van der Waals surface area contributed by atoms with Crippen LogP contribution in [0.2, 0.25) is 0 Å². The second-order valence-corrected chi connectivity index (χ2v) is 4.46. The lowest BCUT2D eigenvalue weighted by atomic mass is 10.3. The molecule has 0 radical (unpaired) electrons. The molecule has 0 atom stereocenters. The molecule has 90 valence electrons. The van der Waals surface area contributed by atoms with Gasteiger partial charge in [0, 0.05) is 51.4 Å². The Hall–Kier alpha value is -0.840. The number of piperazine rings is 1. The van der Waals surface area contributed by atoms with Gasteiger partial charge < -0.3 is 14.6 Å². The Bertz CT molecular complexity index is 280. The maximum Gasteiger partial charge on any atom is 0.0947 e. The van der Waals surface area contributed by atoms with Gasteiger partial charge in [0.25, 0.3) is 0 Å². The molecule has 1 saturated heterocycles. The molecule has 0 unspecified atom stereocenters. The molecular formula is C12H21N3O. The summed E-state index contributed by atoms with van der Waals surface area (Å²) in [6.07, 6.45) is 3.56. The molecule has 2 heterocycles. The zero-order valence-corrected chi connectivity index (χ0v) is 9.98. The van der Waals surface area contributed by atoms with Crippen LogP contribution in [0.15, 0.2) is 23.0 Å². The summed E-state index contributed by atoms with van der Waals surface area (Å²) in [6.45, 7) is 7.87. The summed E-state index contributed by atoms with van der Waals surface area (Å²) in [6, 6.07) is 2.03. The van der Waals surface area contributed by atoms with Crippen molar-refractivity contribution in [2.75, 3.05) is 46.3 Å². The molecule has 4 heteroatoms. The standard InChI is InChI=1S/C12H21N3O/c1-14(10-12-2-9-16-11-12)7-8-15-5-3-13-4-6-15/h2,9,11,13H,3-8,10H2,1H3. The number of nitrogens with one attached hydrogen (secondary N) is 1. The van der Waals surface area contributed by atoms with Crippen molar-refractivity contribution in [2.45, 2.75) is 6.54 Å². The zero-order chi connectivity index (χ0) is 11.2. The van der Waals surface area contributed by atoms with Gasteiger partial charge >= 0.3 is 0 Å². The molecule has 4 nitrogen and oxygen atoms in total. The first kappa shape index (κ1) is 11.6. The topological polar surface area (TPSA) is 31.6 Å². The maximum absolute atomic E-state index is 5.06. The van der Waals surface area contributed by atoms with Crippen LogP contribution >= 0.6 is 0 Å². The van der Waals surface area contributed by atoms with E-state index in [1.54, 1.807) is 6.26 Å². The molecule has 0 aliphatic carbocycles. The molecule has 1 aliphatic heterocycles. The van der Waals surface area contributed by atoms with E-state index in [0.29, 0.717) is 0 Å². The first-order chi connectivity index (χ1) is 7.84. The lowest BCUT2D eigenvalue weighted by Crippen LogP contribution is -2.45. The van der Waals surface area contributed by atoms with Gasteiger partial charge in [0.2, 0.25) is 0 Å². The van der Waals surface area contributed by atoms with Gasteiger partial charge in [0.15, 0.2) is 0 Å². The van der Waals surface area contributed by atoms with Gasteiger partial charge in [-0.3, -0.25) is 4.90 Å². The van der Waals surface area contributed by atoms with Crippen LogP contribution in [0, 0.1) is 0 Å². The van der Waals surface area contributed by atoms with E-state index in [4.69, 9.17) is 4.42 Å². The highest BCUT2D eigenvalue weighted by atomic mass is 16.3. The van der Waals surface area contributed by atoms with Gasteiger partial charge in [0.05, 0.1) is 12.5 Å². The molecular weight excluding hydrogens is 202 g/mol. The number of rotatable bonds is 5. The third-order valence-corrected chi connectivity index (χ3v) is 3.04. The van der Waals surface area contributed by atoms with E-state index < -0.39 is 0 Å². The Morgan fingerprint density at radius 2 is 2.25 bits per heavy atom. The SMILES string of the molecule is CN(CCN1CCNCC1)Cc1ccoc1. The minimum Gasteiger partial charge on any atom is -0.472 e. The number of hydrogen-bond donors (Lipinski definition) is 1. The number of hydrogen-bond acceptors (Lipinski definition) is 4. The Kier molecular flexibility index (Phi) is 4.39. The molecule has 0 aromatic carbocycles. The monoisotopic (exact) mass is 223 g/mol. The fourth-order valence-corrected chi connectivity index (χ4v) is 2.02. The van der Waals surface area contributed by atoms with Crippen LogP contribution in [0.1, 0.15) is 5.56 Å². The summed E-state index contributed by atoms with van der Waals surface area (Å²) >= 11 is 0. The first-order valence-electron chi connectivity index (χ1n) is 5.97. The highest BCUT2D eigenvalue weighted by molar-refractivity contribution is 5.04.